The quantitative estimate of drug-likeness (QED) is 0.488. The summed E-state index contributed by atoms with van der Waals surface area (Å²) in [4.78, 5) is 31.2. The number of aromatic amines is 1. The number of aromatic nitrogens is 2. The molecule has 134 valence electrons. The van der Waals surface area contributed by atoms with Gasteiger partial charge in [-0.1, -0.05) is 35.9 Å². The summed E-state index contributed by atoms with van der Waals surface area (Å²) in [6, 6.07) is 4.91. The first kappa shape index (κ1) is 18.1. The number of H-pyrrole nitrogens is 1. The highest BCUT2D eigenvalue weighted by molar-refractivity contribution is 7.99. The molecule has 1 amide bonds. The van der Waals surface area contributed by atoms with Crippen molar-refractivity contribution in [3.63, 3.8) is 0 Å². The van der Waals surface area contributed by atoms with Gasteiger partial charge in [-0.15, -0.1) is 6.42 Å². The van der Waals surface area contributed by atoms with Crippen LogP contribution in [0.4, 0.5) is 19.0 Å². The second-order valence-electron chi connectivity index (χ2n) is 5.52. The molecule has 1 aliphatic heterocycles. The number of benzene rings is 1. The van der Waals surface area contributed by atoms with Crippen LogP contribution in [-0.2, 0) is 11.0 Å². The summed E-state index contributed by atoms with van der Waals surface area (Å²) in [5.41, 5.74) is -1.61. The number of nitrogens with one attached hydrogen (secondary N) is 2. The standard InChI is InChI=1S/C17H12F3N3O2S/c1-2-7-26-16-22-14-13(15(25)23-16)10(8-12(24)21-14)9-5-3-4-6-11(9)17(18,19)20/h1,3-6,10H,7-8H2,(H2,21,22,23,24,25)/t10-/m0/s1. The Labute approximate surface area is 150 Å². The highest BCUT2D eigenvalue weighted by atomic mass is 32.2. The van der Waals surface area contributed by atoms with E-state index in [4.69, 9.17) is 6.42 Å². The molecule has 0 radical (unpaired) electrons. The maximum absolute atomic E-state index is 13.4. The molecule has 0 saturated carbocycles. The van der Waals surface area contributed by atoms with E-state index in [1.165, 1.54) is 18.2 Å². The molecule has 0 aliphatic carbocycles. The minimum Gasteiger partial charge on any atom is -0.310 e. The minimum atomic E-state index is -4.60. The van der Waals surface area contributed by atoms with Crippen molar-refractivity contribution in [2.75, 3.05) is 11.1 Å². The molecule has 1 aromatic carbocycles. The van der Waals surface area contributed by atoms with Crippen molar-refractivity contribution in [1.82, 2.24) is 9.97 Å². The van der Waals surface area contributed by atoms with Gasteiger partial charge in [0.2, 0.25) is 5.91 Å². The number of anilines is 1. The third kappa shape index (κ3) is 3.46. The van der Waals surface area contributed by atoms with Crippen LogP contribution < -0.4 is 10.9 Å². The number of hydrogen-bond donors (Lipinski definition) is 2. The van der Waals surface area contributed by atoms with Crippen LogP contribution in [0.25, 0.3) is 0 Å². The molecule has 0 bridgehead atoms. The lowest BCUT2D eigenvalue weighted by atomic mass is 9.84. The number of halogens is 3. The van der Waals surface area contributed by atoms with Crippen LogP contribution in [0.5, 0.6) is 0 Å². The average Bonchev–Trinajstić information content (AvgIpc) is 2.58. The van der Waals surface area contributed by atoms with Crippen LogP contribution in [0, 0.1) is 12.3 Å². The maximum atomic E-state index is 13.4. The van der Waals surface area contributed by atoms with Gasteiger partial charge in [-0.05, 0) is 11.6 Å². The first-order valence-electron chi connectivity index (χ1n) is 7.47. The molecule has 0 fully saturated rings. The summed E-state index contributed by atoms with van der Waals surface area (Å²) in [6.45, 7) is 0. The predicted octanol–water partition coefficient (Wildman–Crippen LogP) is 2.99. The van der Waals surface area contributed by atoms with E-state index >= 15 is 0 Å². The molecule has 1 aliphatic rings. The van der Waals surface area contributed by atoms with Crippen molar-refractivity contribution < 1.29 is 18.0 Å². The summed E-state index contributed by atoms with van der Waals surface area (Å²) in [7, 11) is 0. The maximum Gasteiger partial charge on any atom is 0.416 e. The van der Waals surface area contributed by atoms with Gasteiger partial charge in [0.15, 0.2) is 5.16 Å². The zero-order chi connectivity index (χ0) is 18.9. The smallest absolute Gasteiger partial charge is 0.310 e. The monoisotopic (exact) mass is 379 g/mol. The molecule has 1 aromatic heterocycles. The summed E-state index contributed by atoms with van der Waals surface area (Å²) < 4.78 is 40.1. The molecule has 0 saturated heterocycles. The van der Waals surface area contributed by atoms with Gasteiger partial charge in [-0.2, -0.15) is 13.2 Å². The lowest BCUT2D eigenvalue weighted by Crippen LogP contribution is -2.32. The largest absolute Gasteiger partial charge is 0.416 e. The fraction of sp³-hybridized carbons (Fsp3) is 0.235. The van der Waals surface area contributed by atoms with Crippen LogP contribution in [0.3, 0.4) is 0 Å². The van der Waals surface area contributed by atoms with E-state index in [1.54, 1.807) is 0 Å². The van der Waals surface area contributed by atoms with E-state index in [2.05, 4.69) is 21.2 Å². The molecule has 1 atom stereocenters. The Balaban J connectivity index is 2.15. The molecule has 3 rings (SSSR count). The molecular formula is C17H12F3N3O2S. The van der Waals surface area contributed by atoms with E-state index in [0.29, 0.717) is 0 Å². The van der Waals surface area contributed by atoms with Crippen molar-refractivity contribution in [3.05, 3.63) is 51.3 Å². The van der Waals surface area contributed by atoms with Crippen molar-refractivity contribution in [2.45, 2.75) is 23.7 Å². The van der Waals surface area contributed by atoms with Crippen LogP contribution in [0.1, 0.15) is 29.0 Å². The number of amides is 1. The van der Waals surface area contributed by atoms with Crippen molar-refractivity contribution in [3.8, 4) is 12.3 Å². The Hall–Kier alpha value is -2.73. The Kier molecular flexibility index (Phi) is 4.78. The number of alkyl halides is 3. The number of fused-ring (bicyclic) bond motifs is 1. The van der Waals surface area contributed by atoms with Gasteiger partial charge in [-0.25, -0.2) is 4.98 Å². The zero-order valence-electron chi connectivity index (χ0n) is 13.2. The number of hydrogen-bond acceptors (Lipinski definition) is 4. The van der Waals surface area contributed by atoms with E-state index in [1.807, 2.05) is 0 Å². The summed E-state index contributed by atoms with van der Waals surface area (Å²) >= 11 is 1.08. The van der Waals surface area contributed by atoms with Crippen LogP contribution in [-0.4, -0.2) is 21.6 Å². The van der Waals surface area contributed by atoms with Crippen molar-refractivity contribution in [1.29, 1.82) is 0 Å². The van der Waals surface area contributed by atoms with Gasteiger partial charge in [0, 0.05) is 12.3 Å². The molecule has 26 heavy (non-hydrogen) atoms. The molecule has 2 heterocycles. The molecule has 9 heteroatoms. The van der Waals surface area contributed by atoms with Crippen molar-refractivity contribution in [2.24, 2.45) is 0 Å². The van der Waals surface area contributed by atoms with Gasteiger partial charge >= 0.3 is 6.18 Å². The van der Waals surface area contributed by atoms with Gasteiger partial charge in [0.25, 0.3) is 5.56 Å². The first-order valence-corrected chi connectivity index (χ1v) is 8.46. The van der Waals surface area contributed by atoms with E-state index < -0.39 is 29.1 Å². The van der Waals surface area contributed by atoms with Gasteiger partial charge < -0.3 is 10.3 Å². The lowest BCUT2D eigenvalue weighted by molar-refractivity contribution is -0.138. The highest BCUT2D eigenvalue weighted by Gasteiger charge is 2.39. The summed E-state index contributed by atoms with van der Waals surface area (Å²) in [5.74, 6) is 1.03. The Bertz CT molecular complexity index is 963. The first-order chi connectivity index (χ1) is 12.3. The van der Waals surface area contributed by atoms with Crippen LogP contribution in [0.15, 0.2) is 34.2 Å². The molecule has 0 unspecified atom stereocenters. The molecule has 2 aromatic rings. The topological polar surface area (TPSA) is 74.8 Å². The van der Waals surface area contributed by atoms with Gasteiger partial charge in [0.05, 0.1) is 16.9 Å². The molecule has 0 spiro atoms. The van der Waals surface area contributed by atoms with Gasteiger partial charge in [-0.3, -0.25) is 9.59 Å². The Morgan fingerprint density at radius 2 is 2.04 bits per heavy atom. The van der Waals surface area contributed by atoms with E-state index in [-0.39, 0.29) is 34.3 Å². The molecule has 5 nitrogen and oxygen atoms in total. The molecule has 2 N–H and O–H groups in total. The predicted molar refractivity (Wildman–Crippen MR) is 90.9 cm³/mol. The highest BCUT2D eigenvalue weighted by Crippen LogP contribution is 2.41. The normalized spacial score (nSPS) is 16.5. The number of nitrogens with zero attached hydrogens (tertiary/aromatic N) is 1. The number of rotatable bonds is 3. The Morgan fingerprint density at radius 1 is 1.31 bits per heavy atom. The van der Waals surface area contributed by atoms with E-state index in [0.717, 1.165) is 17.8 Å². The number of thioether (sulfide) groups is 1. The summed E-state index contributed by atoms with van der Waals surface area (Å²) in [6.07, 6.45) is 0.283. The van der Waals surface area contributed by atoms with Gasteiger partial charge in [0.1, 0.15) is 5.82 Å². The SMILES string of the molecule is C#CCSc1nc2c(c(=O)[nH]1)[C@H](c1ccccc1C(F)(F)F)CC(=O)N2. The van der Waals surface area contributed by atoms with Crippen LogP contribution in [0.2, 0.25) is 0 Å². The van der Waals surface area contributed by atoms with E-state index in [9.17, 15) is 22.8 Å². The van der Waals surface area contributed by atoms with Crippen LogP contribution >= 0.6 is 11.8 Å². The lowest BCUT2D eigenvalue weighted by Gasteiger charge is -2.26. The zero-order valence-corrected chi connectivity index (χ0v) is 14.0. The second kappa shape index (κ2) is 6.88. The average molecular weight is 379 g/mol. The fourth-order valence-corrected chi connectivity index (χ4v) is 3.39. The third-order valence-electron chi connectivity index (χ3n) is 3.86. The second-order valence-corrected chi connectivity index (χ2v) is 6.48. The third-order valence-corrected chi connectivity index (χ3v) is 4.64. The number of terminal acetylenes is 1. The summed E-state index contributed by atoms with van der Waals surface area (Å²) in [5, 5.41) is 2.65. The Morgan fingerprint density at radius 3 is 2.73 bits per heavy atom. The molecular weight excluding hydrogens is 367 g/mol. The fourth-order valence-electron chi connectivity index (χ4n) is 2.85. The minimum absolute atomic E-state index is 0.00589. The van der Waals surface area contributed by atoms with Crippen molar-refractivity contribution >= 4 is 23.5 Å². The number of carbonyl (C=O) groups is 1. The number of carbonyl (C=O) groups excluding carboxylic acids is 1.